The smallest absolute Gasteiger partial charge is 0.228 e. The number of hydrogen-bond donors (Lipinski definition) is 0. The van der Waals surface area contributed by atoms with Crippen LogP contribution in [0, 0.1) is 0 Å². The second kappa shape index (κ2) is 6.48. The van der Waals surface area contributed by atoms with Crippen molar-refractivity contribution in [2.24, 2.45) is 0 Å². The van der Waals surface area contributed by atoms with Crippen LogP contribution in [0.4, 0.5) is 0 Å². The van der Waals surface area contributed by atoms with Gasteiger partial charge in [0.25, 0.3) is 0 Å². The topological polar surface area (TPSA) is 49.6 Å². The molecule has 0 spiro atoms. The number of benzene rings is 1. The summed E-state index contributed by atoms with van der Waals surface area (Å²) in [5.41, 5.74) is 1.47. The van der Waals surface area contributed by atoms with Gasteiger partial charge >= 0.3 is 0 Å². The molecular weight excluding hydrogens is 278 g/mol. The van der Waals surface area contributed by atoms with Gasteiger partial charge in [-0.05, 0) is 31.5 Å². The van der Waals surface area contributed by atoms with Gasteiger partial charge in [0.2, 0.25) is 5.91 Å². The van der Waals surface area contributed by atoms with Crippen molar-refractivity contribution in [2.45, 2.75) is 32.2 Å². The Balaban J connectivity index is 1.64. The molecule has 3 rings (SSSR count). The summed E-state index contributed by atoms with van der Waals surface area (Å²) in [5, 5.41) is 4.99. The number of para-hydroxylation sites is 1. The lowest BCUT2D eigenvalue weighted by molar-refractivity contribution is -0.132. The van der Waals surface area contributed by atoms with E-state index >= 15 is 0 Å². The van der Waals surface area contributed by atoms with Gasteiger partial charge < -0.3 is 14.3 Å². The molecule has 1 aromatic carbocycles. The highest BCUT2D eigenvalue weighted by Crippen LogP contribution is 2.20. The zero-order valence-electron chi connectivity index (χ0n) is 13.3. The molecule has 5 heteroatoms. The Bertz CT molecular complexity index is 644. The lowest BCUT2D eigenvalue weighted by Crippen LogP contribution is -2.45. The number of carbonyl (C=O) groups is 1. The number of nitrogens with zero attached hydrogens (tertiary/aromatic N) is 3. The Morgan fingerprint density at radius 3 is 2.82 bits per heavy atom. The molecule has 1 aliphatic rings. The van der Waals surface area contributed by atoms with Gasteiger partial charge in [-0.25, -0.2) is 0 Å². The van der Waals surface area contributed by atoms with E-state index in [0.717, 1.165) is 49.1 Å². The van der Waals surface area contributed by atoms with E-state index in [1.54, 1.807) is 0 Å². The molecule has 1 amide bonds. The molecule has 0 N–H and O–H groups in total. The van der Waals surface area contributed by atoms with Crippen molar-refractivity contribution < 1.29 is 9.32 Å². The third kappa shape index (κ3) is 2.99. The van der Waals surface area contributed by atoms with Crippen molar-refractivity contribution in [3.05, 3.63) is 30.0 Å². The Morgan fingerprint density at radius 2 is 2.09 bits per heavy atom. The number of fused-ring (bicyclic) bond motifs is 1. The third-order valence-corrected chi connectivity index (χ3v) is 4.72. The number of rotatable bonds is 4. The van der Waals surface area contributed by atoms with E-state index in [4.69, 9.17) is 4.52 Å². The van der Waals surface area contributed by atoms with E-state index in [1.165, 1.54) is 0 Å². The van der Waals surface area contributed by atoms with E-state index in [9.17, 15) is 4.79 Å². The minimum atomic E-state index is 0.119. The Morgan fingerprint density at radius 1 is 1.36 bits per heavy atom. The number of aromatic nitrogens is 1. The summed E-state index contributed by atoms with van der Waals surface area (Å²) in [6.07, 6.45) is 2.41. The van der Waals surface area contributed by atoms with E-state index in [2.05, 4.69) is 17.0 Å². The normalized spacial score (nSPS) is 17.0. The fourth-order valence-electron chi connectivity index (χ4n) is 3.16. The lowest BCUT2D eigenvalue weighted by Gasteiger charge is -2.36. The van der Waals surface area contributed by atoms with Crippen LogP contribution in [0.2, 0.25) is 0 Å². The zero-order chi connectivity index (χ0) is 15.5. The summed E-state index contributed by atoms with van der Waals surface area (Å²) in [6.45, 7) is 5.43. The van der Waals surface area contributed by atoms with E-state index < -0.39 is 0 Å². The second-order valence-corrected chi connectivity index (χ2v) is 5.97. The number of likely N-dealkylation sites (N-methyl/N-ethyl adjacent to an activating group) is 1. The summed E-state index contributed by atoms with van der Waals surface area (Å²) in [7, 11) is 1.91. The fourth-order valence-corrected chi connectivity index (χ4v) is 3.16. The molecule has 0 bridgehead atoms. The molecule has 22 heavy (non-hydrogen) atoms. The molecule has 0 radical (unpaired) electrons. The van der Waals surface area contributed by atoms with Crippen LogP contribution < -0.4 is 0 Å². The molecule has 0 aliphatic carbocycles. The molecule has 1 fully saturated rings. The molecule has 2 heterocycles. The minimum Gasteiger partial charge on any atom is -0.356 e. The summed E-state index contributed by atoms with van der Waals surface area (Å²) in [4.78, 5) is 16.9. The van der Waals surface area contributed by atoms with Crippen molar-refractivity contribution in [2.75, 3.05) is 26.7 Å². The van der Waals surface area contributed by atoms with Crippen LogP contribution in [0.25, 0.3) is 11.0 Å². The highest BCUT2D eigenvalue weighted by Gasteiger charge is 2.25. The molecular formula is C17H23N3O2. The SMILES string of the molecule is CCN1CCC(N(C)C(=O)Cc2noc3ccccc23)CC1. The number of piperidine rings is 1. The third-order valence-electron chi connectivity index (χ3n) is 4.72. The van der Waals surface area contributed by atoms with Gasteiger partial charge in [0, 0.05) is 31.6 Å². The Labute approximate surface area is 130 Å². The highest BCUT2D eigenvalue weighted by atomic mass is 16.5. The van der Waals surface area contributed by atoms with Crippen LogP contribution in [0.5, 0.6) is 0 Å². The van der Waals surface area contributed by atoms with Crippen molar-refractivity contribution in [1.82, 2.24) is 15.0 Å². The van der Waals surface area contributed by atoms with Crippen molar-refractivity contribution in [3.8, 4) is 0 Å². The number of amides is 1. The van der Waals surface area contributed by atoms with Crippen molar-refractivity contribution in [1.29, 1.82) is 0 Å². The van der Waals surface area contributed by atoms with Gasteiger partial charge in [0.05, 0.1) is 6.42 Å². The molecule has 5 nitrogen and oxygen atoms in total. The zero-order valence-corrected chi connectivity index (χ0v) is 13.3. The summed E-state index contributed by atoms with van der Waals surface area (Å²) in [5.74, 6) is 0.119. The van der Waals surface area contributed by atoms with E-state index in [-0.39, 0.29) is 5.91 Å². The number of likely N-dealkylation sites (tertiary alicyclic amines) is 1. The minimum absolute atomic E-state index is 0.119. The van der Waals surface area contributed by atoms with Gasteiger partial charge in [-0.1, -0.05) is 24.2 Å². The molecule has 0 unspecified atom stereocenters. The first kappa shape index (κ1) is 15.0. The van der Waals surface area contributed by atoms with Gasteiger partial charge in [-0.2, -0.15) is 0 Å². The maximum atomic E-state index is 12.5. The monoisotopic (exact) mass is 301 g/mol. The maximum absolute atomic E-state index is 12.5. The van der Waals surface area contributed by atoms with Crippen LogP contribution in [0.1, 0.15) is 25.5 Å². The van der Waals surface area contributed by atoms with Gasteiger partial charge in [0.15, 0.2) is 5.58 Å². The lowest BCUT2D eigenvalue weighted by atomic mass is 10.0. The van der Waals surface area contributed by atoms with Crippen LogP contribution in [0.3, 0.4) is 0 Å². The van der Waals surface area contributed by atoms with Crippen LogP contribution in [0.15, 0.2) is 28.8 Å². The largest absolute Gasteiger partial charge is 0.356 e. The van der Waals surface area contributed by atoms with Crippen molar-refractivity contribution >= 4 is 16.9 Å². The van der Waals surface area contributed by atoms with Gasteiger partial charge in [-0.3, -0.25) is 4.79 Å². The molecule has 118 valence electrons. The van der Waals surface area contributed by atoms with Crippen LogP contribution in [-0.4, -0.2) is 53.6 Å². The Hall–Kier alpha value is -1.88. The van der Waals surface area contributed by atoms with Crippen molar-refractivity contribution in [3.63, 3.8) is 0 Å². The Kier molecular flexibility index (Phi) is 4.43. The standard InChI is InChI=1S/C17H23N3O2/c1-3-20-10-8-13(9-11-20)19(2)17(21)12-15-14-6-4-5-7-16(14)22-18-15/h4-7,13H,3,8-12H2,1-2H3. The highest BCUT2D eigenvalue weighted by molar-refractivity contribution is 5.86. The summed E-state index contributed by atoms with van der Waals surface area (Å²) >= 11 is 0. The summed E-state index contributed by atoms with van der Waals surface area (Å²) < 4.78 is 5.28. The average molecular weight is 301 g/mol. The summed E-state index contributed by atoms with van der Waals surface area (Å²) in [6, 6.07) is 8.02. The predicted molar refractivity (Wildman–Crippen MR) is 85.6 cm³/mol. The molecule has 2 aromatic rings. The predicted octanol–water partition coefficient (Wildman–Crippen LogP) is 2.31. The quantitative estimate of drug-likeness (QED) is 0.869. The first-order chi connectivity index (χ1) is 10.7. The average Bonchev–Trinajstić information content (AvgIpc) is 2.97. The van der Waals surface area contributed by atoms with Gasteiger partial charge in [0.1, 0.15) is 5.69 Å². The number of hydrogen-bond acceptors (Lipinski definition) is 4. The maximum Gasteiger partial charge on any atom is 0.228 e. The first-order valence-electron chi connectivity index (χ1n) is 8.00. The van der Waals surface area contributed by atoms with Crippen LogP contribution >= 0.6 is 0 Å². The van der Waals surface area contributed by atoms with E-state index in [0.29, 0.717) is 12.5 Å². The molecule has 1 saturated heterocycles. The molecule has 1 aromatic heterocycles. The number of carbonyl (C=O) groups excluding carboxylic acids is 1. The molecule has 1 aliphatic heterocycles. The van der Waals surface area contributed by atoms with E-state index in [1.807, 2.05) is 36.2 Å². The fraction of sp³-hybridized carbons (Fsp3) is 0.529. The van der Waals surface area contributed by atoms with Gasteiger partial charge in [-0.15, -0.1) is 0 Å². The van der Waals surface area contributed by atoms with Crippen LogP contribution in [-0.2, 0) is 11.2 Å². The second-order valence-electron chi connectivity index (χ2n) is 5.97. The molecule has 0 saturated carbocycles. The first-order valence-corrected chi connectivity index (χ1v) is 8.00. The molecule has 0 atom stereocenters.